The summed E-state index contributed by atoms with van der Waals surface area (Å²) < 4.78 is 0. The number of likely N-dealkylation sites (tertiary alicyclic amines) is 1. The van der Waals surface area contributed by atoms with Gasteiger partial charge >= 0.3 is 0 Å². The molecule has 2 rings (SSSR count). The van der Waals surface area contributed by atoms with Crippen LogP contribution in [0.1, 0.15) is 37.3 Å². The molecule has 0 aromatic carbocycles. The summed E-state index contributed by atoms with van der Waals surface area (Å²) in [7, 11) is 0. The molecule has 1 aromatic rings. The first-order chi connectivity index (χ1) is 8.79. The standard InChI is InChI=1S/C15H25N3/c1-3-16-11-15-6-4-5-7-18(15)12-14-8-13(2)9-17-10-14/h8-10,15-16H,3-7,11-12H2,1-2H3. The molecule has 0 amide bonds. The highest BCUT2D eigenvalue weighted by Crippen LogP contribution is 2.19. The van der Waals surface area contributed by atoms with Crippen molar-refractivity contribution in [2.24, 2.45) is 0 Å². The number of hydrogen-bond acceptors (Lipinski definition) is 3. The molecule has 3 heteroatoms. The zero-order valence-electron chi connectivity index (χ0n) is 11.7. The van der Waals surface area contributed by atoms with E-state index in [4.69, 9.17) is 0 Å². The van der Waals surface area contributed by atoms with Crippen LogP contribution in [0.5, 0.6) is 0 Å². The van der Waals surface area contributed by atoms with Gasteiger partial charge in [-0.3, -0.25) is 9.88 Å². The normalized spacial score (nSPS) is 21.1. The molecule has 1 fully saturated rings. The lowest BCUT2D eigenvalue weighted by molar-refractivity contribution is 0.138. The molecule has 1 aliphatic rings. The fourth-order valence-electron chi connectivity index (χ4n) is 2.75. The SMILES string of the molecule is CCNCC1CCCCN1Cc1cncc(C)c1. The summed E-state index contributed by atoms with van der Waals surface area (Å²) in [5.41, 5.74) is 2.60. The van der Waals surface area contributed by atoms with Crippen molar-refractivity contribution in [1.82, 2.24) is 15.2 Å². The van der Waals surface area contributed by atoms with E-state index < -0.39 is 0 Å². The van der Waals surface area contributed by atoms with Crippen molar-refractivity contribution in [1.29, 1.82) is 0 Å². The predicted octanol–water partition coefficient (Wildman–Crippen LogP) is 2.35. The molecule has 1 N–H and O–H groups in total. The van der Waals surface area contributed by atoms with Gasteiger partial charge in [-0.05, 0) is 44.0 Å². The number of likely N-dealkylation sites (N-methyl/N-ethyl adjacent to an activating group) is 1. The monoisotopic (exact) mass is 247 g/mol. The third kappa shape index (κ3) is 3.79. The van der Waals surface area contributed by atoms with Crippen molar-refractivity contribution in [3.8, 4) is 0 Å². The minimum absolute atomic E-state index is 0.694. The Hall–Kier alpha value is -0.930. The number of aromatic nitrogens is 1. The molecule has 1 unspecified atom stereocenters. The smallest absolute Gasteiger partial charge is 0.0313 e. The molecule has 0 aliphatic carbocycles. The average molecular weight is 247 g/mol. The Bertz CT molecular complexity index is 365. The van der Waals surface area contributed by atoms with Gasteiger partial charge in [0.05, 0.1) is 0 Å². The van der Waals surface area contributed by atoms with Crippen molar-refractivity contribution < 1.29 is 0 Å². The van der Waals surface area contributed by atoms with Crippen LogP contribution in [-0.2, 0) is 6.54 Å². The third-order valence-corrected chi connectivity index (χ3v) is 3.70. The number of rotatable bonds is 5. The second-order valence-corrected chi connectivity index (χ2v) is 5.30. The second-order valence-electron chi connectivity index (χ2n) is 5.30. The number of pyridine rings is 1. The van der Waals surface area contributed by atoms with E-state index in [9.17, 15) is 0 Å². The largest absolute Gasteiger partial charge is 0.315 e. The van der Waals surface area contributed by atoms with Gasteiger partial charge in [0.2, 0.25) is 0 Å². The van der Waals surface area contributed by atoms with Crippen LogP contribution in [0.4, 0.5) is 0 Å². The zero-order valence-corrected chi connectivity index (χ0v) is 11.7. The van der Waals surface area contributed by atoms with E-state index >= 15 is 0 Å². The molecular formula is C15H25N3. The highest BCUT2D eigenvalue weighted by atomic mass is 15.2. The summed E-state index contributed by atoms with van der Waals surface area (Å²) >= 11 is 0. The molecule has 100 valence electrons. The summed E-state index contributed by atoms with van der Waals surface area (Å²) in [5.74, 6) is 0. The van der Waals surface area contributed by atoms with Gasteiger partial charge in [-0.1, -0.05) is 19.4 Å². The van der Waals surface area contributed by atoms with E-state index in [1.54, 1.807) is 0 Å². The number of piperidine rings is 1. The summed E-state index contributed by atoms with van der Waals surface area (Å²) in [6.07, 6.45) is 7.97. The Morgan fingerprint density at radius 3 is 3.06 bits per heavy atom. The number of nitrogens with one attached hydrogen (secondary N) is 1. The van der Waals surface area contributed by atoms with Gasteiger partial charge in [-0.2, -0.15) is 0 Å². The van der Waals surface area contributed by atoms with Gasteiger partial charge in [-0.15, -0.1) is 0 Å². The van der Waals surface area contributed by atoms with Crippen LogP contribution < -0.4 is 5.32 Å². The maximum Gasteiger partial charge on any atom is 0.0313 e. The van der Waals surface area contributed by atoms with Crippen LogP contribution >= 0.6 is 0 Å². The number of nitrogens with zero attached hydrogens (tertiary/aromatic N) is 2. The highest BCUT2D eigenvalue weighted by Gasteiger charge is 2.21. The Balaban J connectivity index is 1.96. The second kappa shape index (κ2) is 6.86. The quantitative estimate of drug-likeness (QED) is 0.865. The van der Waals surface area contributed by atoms with Crippen LogP contribution in [0.15, 0.2) is 18.5 Å². The minimum atomic E-state index is 0.694. The molecule has 1 atom stereocenters. The van der Waals surface area contributed by atoms with E-state index in [0.717, 1.165) is 19.6 Å². The lowest BCUT2D eigenvalue weighted by Crippen LogP contribution is -2.44. The predicted molar refractivity (Wildman–Crippen MR) is 75.6 cm³/mol. The van der Waals surface area contributed by atoms with Crippen LogP contribution in [-0.4, -0.2) is 35.6 Å². The van der Waals surface area contributed by atoms with Gasteiger partial charge in [0.15, 0.2) is 0 Å². The summed E-state index contributed by atoms with van der Waals surface area (Å²) in [6, 6.07) is 2.95. The molecule has 1 saturated heterocycles. The lowest BCUT2D eigenvalue weighted by atomic mass is 10.0. The van der Waals surface area contributed by atoms with Gasteiger partial charge in [0.1, 0.15) is 0 Å². The molecule has 0 saturated carbocycles. The first kappa shape index (κ1) is 13.5. The molecule has 0 radical (unpaired) electrons. The Morgan fingerprint density at radius 2 is 2.28 bits per heavy atom. The molecule has 2 heterocycles. The fourth-order valence-corrected chi connectivity index (χ4v) is 2.75. The van der Waals surface area contributed by atoms with E-state index in [1.807, 2.05) is 12.4 Å². The summed E-state index contributed by atoms with van der Waals surface area (Å²) in [6.45, 7) is 8.75. The van der Waals surface area contributed by atoms with Gasteiger partial charge in [-0.25, -0.2) is 0 Å². The van der Waals surface area contributed by atoms with Gasteiger partial charge in [0.25, 0.3) is 0 Å². The molecule has 3 nitrogen and oxygen atoms in total. The maximum atomic E-state index is 4.29. The van der Waals surface area contributed by atoms with E-state index in [2.05, 4.69) is 35.1 Å². The first-order valence-corrected chi connectivity index (χ1v) is 7.15. The third-order valence-electron chi connectivity index (χ3n) is 3.70. The van der Waals surface area contributed by atoms with Crippen molar-refractivity contribution in [3.63, 3.8) is 0 Å². The van der Waals surface area contributed by atoms with Crippen molar-refractivity contribution >= 4 is 0 Å². The van der Waals surface area contributed by atoms with Crippen LogP contribution in [0.3, 0.4) is 0 Å². The van der Waals surface area contributed by atoms with E-state index in [-0.39, 0.29) is 0 Å². The van der Waals surface area contributed by atoms with Crippen LogP contribution in [0.25, 0.3) is 0 Å². The first-order valence-electron chi connectivity index (χ1n) is 7.15. The molecule has 0 bridgehead atoms. The average Bonchev–Trinajstić information content (AvgIpc) is 2.38. The van der Waals surface area contributed by atoms with Crippen molar-refractivity contribution in [2.45, 2.75) is 45.7 Å². The molecular weight excluding hydrogens is 222 g/mol. The number of aryl methyl sites for hydroxylation is 1. The molecule has 18 heavy (non-hydrogen) atoms. The summed E-state index contributed by atoms with van der Waals surface area (Å²) in [5, 5.41) is 3.49. The molecule has 1 aliphatic heterocycles. The summed E-state index contributed by atoms with van der Waals surface area (Å²) in [4.78, 5) is 6.91. The minimum Gasteiger partial charge on any atom is -0.315 e. The Morgan fingerprint density at radius 1 is 1.39 bits per heavy atom. The topological polar surface area (TPSA) is 28.2 Å². The molecule has 1 aromatic heterocycles. The van der Waals surface area contributed by atoms with Crippen molar-refractivity contribution in [3.05, 3.63) is 29.6 Å². The van der Waals surface area contributed by atoms with E-state index in [1.165, 1.54) is 36.9 Å². The fraction of sp³-hybridized carbons (Fsp3) is 0.667. The van der Waals surface area contributed by atoms with Crippen LogP contribution in [0.2, 0.25) is 0 Å². The van der Waals surface area contributed by atoms with Gasteiger partial charge < -0.3 is 5.32 Å². The Labute approximate surface area is 111 Å². The maximum absolute atomic E-state index is 4.29. The Kier molecular flexibility index (Phi) is 5.14. The zero-order chi connectivity index (χ0) is 12.8. The van der Waals surface area contributed by atoms with Gasteiger partial charge in [0, 0.05) is 31.5 Å². The van der Waals surface area contributed by atoms with E-state index in [0.29, 0.717) is 6.04 Å². The lowest BCUT2D eigenvalue weighted by Gasteiger charge is -2.35. The van der Waals surface area contributed by atoms with Crippen molar-refractivity contribution in [2.75, 3.05) is 19.6 Å². The number of hydrogen-bond donors (Lipinski definition) is 1. The highest BCUT2D eigenvalue weighted by molar-refractivity contribution is 5.16. The van der Waals surface area contributed by atoms with Crippen LogP contribution in [0, 0.1) is 6.92 Å². The molecule has 0 spiro atoms.